The van der Waals surface area contributed by atoms with Crippen LogP contribution in [-0.4, -0.2) is 31.7 Å². The molecule has 0 aromatic heterocycles. The van der Waals surface area contributed by atoms with Gasteiger partial charge < -0.3 is 5.32 Å². The van der Waals surface area contributed by atoms with Crippen molar-refractivity contribution in [1.82, 2.24) is 4.31 Å². The van der Waals surface area contributed by atoms with Gasteiger partial charge in [0.25, 0.3) is 0 Å². The standard InChI is InChI=1S/C24H26N2O3S2/c1-3-26(4-2)31(28,29)22-17-15-20(16-18-22)25-24(27)23(19-11-7-5-8-12-19)30-21-13-9-6-10-14-21/h5-18,23H,3-4H2,1-2H3,(H,25,27). The maximum absolute atomic E-state index is 13.1. The molecule has 0 aliphatic rings. The molecule has 0 aliphatic heterocycles. The molecule has 3 rings (SSSR count). The molecule has 1 amide bonds. The number of carbonyl (C=O) groups is 1. The second-order valence-corrected chi connectivity index (χ2v) is 9.94. The molecule has 7 heteroatoms. The summed E-state index contributed by atoms with van der Waals surface area (Å²) in [6.45, 7) is 4.44. The van der Waals surface area contributed by atoms with E-state index in [1.54, 1.807) is 12.1 Å². The molecule has 0 heterocycles. The number of hydrogen-bond acceptors (Lipinski definition) is 4. The molecule has 162 valence electrons. The highest BCUT2D eigenvalue weighted by Crippen LogP contribution is 2.36. The van der Waals surface area contributed by atoms with E-state index in [1.165, 1.54) is 28.2 Å². The van der Waals surface area contributed by atoms with Gasteiger partial charge in [0, 0.05) is 23.7 Å². The van der Waals surface area contributed by atoms with E-state index in [4.69, 9.17) is 0 Å². The van der Waals surface area contributed by atoms with Crippen LogP contribution in [0.5, 0.6) is 0 Å². The second kappa shape index (κ2) is 10.6. The quantitative estimate of drug-likeness (QED) is 0.452. The first kappa shape index (κ1) is 23.1. The van der Waals surface area contributed by atoms with E-state index in [-0.39, 0.29) is 10.8 Å². The number of nitrogens with zero attached hydrogens (tertiary/aromatic N) is 1. The molecule has 0 radical (unpaired) electrons. The van der Waals surface area contributed by atoms with Gasteiger partial charge in [0.15, 0.2) is 0 Å². The Morgan fingerprint density at radius 3 is 1.97 bits per heavy atom. The predicted octanol–water partition coefficient (Wildman–Crippen LogP) is 5.19. The summed E-state index contributed by atoms with van der Waals surface area (Å²) < 4.78 is 26.7. The minimum Gasteiger partial charge on any atom is -0.325 e. The zero-order chi connectivity index (χ0) is 22.3. The van der Waals surface area contributed by atoms with Crippen molar-refractivity contribution >= 4 is 33.4 Å². The van der Waals surface area contributed by atoms with Gasteiger partial charge in [-0.2, -0.15) is 4.31 Å². The summed E-state index contributed by atoms with van der Waals surface area (Å²) in [5.74, 6) is -0.167. The average molecular weight is 455 g/mol. The van der Waals surface area contributed by atoms with E-state index >= 15 is 0 Å². The van der Waals surface area contributed by atoms with E-state index in [0.29, 0.717) is 18.8 Å². The number of rotatable bonds is 9. The molecule has 0 spiro atoms. The van der Waals surface area contributed by atoms with Crippen molar-refractivity contribution in [2.75, 3.05) is 18.4 Å². The SMILES string of the molecule is CCN(CC)S(=O)(=O)c1ccc(NC(=O)C(Sc2ccccc2)c2ccccc2)cc1. The smallest absolute Gasteiger partial charge is 0.243 e. The van der Waals surface area contributed by atoms with Crippen LogP contribution < -0.4 is 5.32 Å². The third kappa shape index (κ3) is 5.76. The molecule has 3 aromatic rings. The molecule has 0 saturated heterocycles. The number of benzene rings is 3. The van der Waals surface area contributed by atoms with E-state index < -0.39 is 15.3 Å². The lowest BCUT2D eigenvalue weighted by atomic mass is 10.1. The first-order valence-electron chi connectivity index (χ1n) is 10.1. The minimum absolute atomic E-state index is 0.167. The molecular weight excluding hydrogens is 428 g/mol. The molecule has 0 fully saturated rings. The summed E-state index contributed by atoms with van der Waals surface area (Å²) >= 11 is 1.47. The van der Waals surface area contributed by atoms with Crippen molar-refractivity contribution in [3.05, 3.63) is 90.5 Å². The predicted molar refractivity (Wildman–Crippen MR) is 127 cm³/mol. The lowest BCUT2D eigenvalue weighted by Gasteiger charge is -2.19. The van der Waals surface area contributed by atoms with Crippen molar-refractivity contribution in [2.24, 2.45) is 0 Å². The molecule has 3 aromatic carbocycles. The first-order chi connectivity index (χ1) is 15.0. The molecule has 1 unspecified atom stereocenters. The number of nitrogens with one attached hydrogen (secondary N) is 1. The summed E-state index contributed by atoms with van der Waals surface area (Å²) in [5.41, 5.74) is 1.45. The van der Waals surface area contributed by atoms with Crippen LogP contribution in [0.15, 0.2) is 94.7 Å². The molecule has 0 saturated carbocycles. The van der Waals surface area contributed by atoms with Gasteiger partial charge in [0.1, 0.15) is 5.25 Å². The second-order valence-electron chi connectivity index (χ2n) is 6.82. The fraction of sp³-hybridized carbons (Fsp3) is 0.208. The van der Waals surface area contributed by atoms with Crippen molar-refractivity contribution in [2.45, 2.75) is 28.9 Å². The Morgan fingerprint density at radius 1 is 0.871 bits per heavy atom. The lowest BCUT2D eigenvalue weighted by Crippen LogP contribution is -2.30. The van der Waals surface area contributed by atoms with Gasteiger partial charge in [-0.05, 0) is 42.0 Å². The average Bonchev–Trinajstić information content (AvgIpc) is 2.79. The normalized spacial score (nSPS) is 12.5. The Labute approximate surface area is 188 Å². The molecule has 31 heavy (non-hydrogen) atoms. The van der Waals surface area contributed by atoms with Crippen molar-refractivity contribution < 1.29 is 13.2 Å². The van der Waals surface area contributed by atoms with Crippen molar-refractivity contribution in [3.63, 3.8) is 0 Å². The van der Waals surface area contributed by atoms with E-state index in [1.807, 2.05) is 74.5 Å². The number of anilines is 1. The van der Waals surface area contributed by atoms with Crippen LogP contribution in [0.4, 0.5) is 5.69 Å². The van der Waals surface area contributed by atoms with E-state index in [2.05, 4.69) is 5.32 Å². The maximum atomic E-state index is 13.1. The molecular formula is C24H26N2O3S2. The highest BCUT2D eigenvalue weighted by atomic mass is 32.2. The van der Waals surface area contributed by atoms with Gasteiger partial charge in [-0.25, -0.2) is 8.42 Å². The van der Waals surface area contributed by atoms with Gasteiger partial charge in [0.05, 0.1) is 4.90 Å². The van der Waals surface area contributed by atoms with E-state index in [0.717, 1.165) is 10.5 Å². The Morgan fingerprint density at radius 2 is 1.42 bits per heavy atom. The van der Waals surface area contributed by atoms with Crippen LogP contribution in [0.3, 0.4) is 0 Å². The van der Waals surface area contributed by atoms with Crippen LogP contribution in [0.2, 0.25) is 0 Å². The summed E-state index contributed by atoms with van der Waals surface area (Å²) in [6.07, 6.45) is 0. The fourth-order valence-electron chi connectivity index (χ4n) is 3.17. The van der Waals surface area contributed by atoms with E-state index in [9.17, 15) is 13.2 Å². The van der Waals surface area contributed by atoms with Crippen LogP contribution in [0.25, 0.3) is 0 Å². The molecule has 0 aliphatic carbocycles. The third-order valence-electron chi connectivity index (χ3n) is 4.80. The zero-order valence-electron chi connectivity index (χ0n) is 17.6. The van der Waals surface area contributed by atoms with Gasteiger partial charge in [-0.15, -0.1) is 11.8 Å². The number of hydrogen-bond donors (Lipinski definition) is 1. The monoisotopic (exact) mass is 454 g/mol. The van der Waals surface area contributed by atoms with Crippen LogP contribution in [0.1, 0.15) is 24.7 Å². The minimum atomic E-state index is -3.53. The van der Waals surface area contributed by atoms with Crippen LogP contribution >= 0.6 is 11.8 Å². The van der Waals surface area contributed by atoms with Gasteiger partial charge in [0.2, 0.25) is 15.9 Å². The van der Waals surface area contributed by atoms with Crippen LogP contribution in [-0.2, 0) is 14.8 Å². The molecule has 1 N–H and O–H groups in total. The summed E-state index contributed by atoms with van der Waals surface area (Å²) in [4.78, 5) is 14.3. The lowest BCUT2D eigenvalue weighted by molar-refractivity contribution is -0.115. The number of sulfonamides is 1. The maximum Gasteiger partial charge on any atom is 0.243 e. The highest BCUT2D eigenvalue weighted by Gasteiger charge is 2.24. The summed E-state index contributed by atoms with van der Waals surface area (Å²) in [5, 5.41) is 2.49. The van der Waals surface area contributed by atoms with Crippen molar-refractivity contribution in [3.8, 4) is 0 Å². The number of carbonyl (C=O) groups excluding carboxylic acids is 1. The van der Waals surface area contributed by atoms with Crippen molar-refractivity contribution in [1.29, 1.82) is 0 Å². The molecule has 5 nitrogen and oxygen atoms in total. The molecule has 1 atom stereocenters. The number of thioether (sulfide) groups is 1. The third-order valence-corrected chi connectivity index (χ3v) is 8.13. The Balaban J connectivity index is 1.80. The largest absolute Gasteiger partial charge is 0.325 e. The fourth-order valence-corrected chi connectivity index (χ4v) is 5.67. The Bertz CT molecular complexity index is 1080. The Hall–Kier alpha value is -2.61. The highest BCUT2D eigenvalue weighted by molar-refractivity contribution is 8.00. The summed E-state index contributed by atoms with van der Waals surface area (Å²) in [7, 11) is -3.53. The topological polar surface area (TPSA) is 66.5 Å². The Kier molecular flexibility index (Phi) is 7.90. The first-order valence-corrected chi connectivity index (χ1v) is 12.5. The zero-order valence-corrected chi connectivity index (χ0v) is 19.2. The van der Waals surface area contributed by atoms with Gasteiger partial charge in [-0.1, -0.05) is 62.4 Å². The van der Waals surface area contributed by atoms with Gasteiger partial charge in [-0.3, -0.25) is 4.79 Å². The van der Waals surface area contributed by atoms with Crippen LogP contribution in [0, 0.1) is 0 Å². The number of amides is 1. The summed E-state index contributed by atoms with van der Waals surface area (Å²) in [6, 6.07) is 25.7. The molecule has 0 bridgehead atoms. The van der Waals surface area contributed by atoms with Gasteiger partial charge >= 0.3 is 0 Å².